The smallest absolute Gasteiger partial charge is 0.309 e. The lowest BCUT2D eigenvalue weighted by molar-refractivity contribution is -0.145. The van der Waals surface area contributed by atoms with Crippen LogP contribution in [0.2, 0.25) is 0 Å². The van der Waals surface area contributed by atoms with Crippen LogP contribution in [-0.2, 0) is 4.79 Å². The van der Waals surface area contributed by atoms with E-state index in [0.717, 1.165) is 19.3 Å². The third-order valence-corrected chi connectivity index (χ3v) is 3.04. The van der Waals surface area contributed by atoms with Gasteiger partial charge in [-0.2, -0.15) is 0 Å². The number of carboxylic acid groups (broad SMARTS) is 1. The Morgan fingerprint density at radius 2 is 1.93 bits per heavy atom. The van der Waals surface area contributed by atoms with Gasteiger partial charge in [0.15, 0.2) is 0 Å². The Bertz CT molecular complexity index is 211. The molecule has 2 nitrogen and oxygen atoms in total. The number of alkyl halides is 2. The summed E-state index contributed by atoms with van der Waals surface area (Å²) in [6, 6.07) is 0. The van der Waals surface area contributed by atoms with Crippen molar-refractivity contribution in [1.29, 1.82) is 0 Å². The molecule has 0 bridgehead atoms. The molecule has 1 aliphatic carbocycles. The summed E-state index contributed by atoms with van der Waals surface area (Å²) in [6.07, 6.45) is 4.72. The largest absolute Gasteiger partial charge is 0.481 e. The minimum Gasteiger partial charge on any atom is -0.481 e. The van der Waals surface area contributed by atoms with Crippen molar-refractivity contribution in [1.82, 2.24) is 0 Å². The molecule has 1 fully saturated rings. The summed E-state index contributed by atoms with van der Waals surface area (Å²) in [6.45, 7) is 0. The quantitative estimate of drug-likeness (QED) is 0.744. The summed E-state index contributed by atoms with van der Waals surface area (Å²) in [7, 11) is 0. The fraction of sp³-hybridized carbons (Fsp3) is 0.909. The third-order valence-electron chi connectivity index (χ3n) is 3.04. The predicted octanol–water partition coefficient (Wildman–Crippen LogP) is 3.46. The van der Waals surface area contributed by atoms with E-state index >= 15 is 0 Å². The van der Waals surface area contributed by atoms with Crippen molar-refractivity contribution in [2.75, 3.05) is 0 Å². The molecule has 0 aromatic heterocycles. The van der Waals surface area contributed by atoms with Crippen LogP contribution in [0, 0.1) is 5.92 Å². The van der Waals surface area contributed by atoms with Gasteiger partial charge in [-0.05, 0) is 12.3 Å². The van der Waals surface area contributed by atoms with E-state index in [9.17, 15) is 13.6 Å². The zero-order valence-electron chi connectivity index (χ0n) is 8.85. The predicted molar refractivity (Wildman–Crippen MR) is 53.0 cm³/mol. The average molecular weight is 220 g/mol. The first kappa shape index (κ1) is 12.4. The summed E-state index contributed by atoms with van der Waals surface area (Å²) < 4.78 is 25.9. The van der Waals surface area contributed by atoms with E-state index in [0.29, 0.717) is 12.3 Å². The van der Waals surface area contributed by atoms with Gasteiger partial charge in [0, 0.05) is 6.42 Å². The molecule has 0 radical (unpaired) electrons. The zero-order chi connectivity index (χ0) is 11.3. The summed E-state index contributed by atoms with van der Waals surface area (Å²) in [5.74, 6) is -3.84. The molecule has 88 valence electrons. The van der Waals surface area contributed by atoms with Gasteiger partial charge in [0.05, 0.1) is 0 Å². The van der Waals surface area contributed by atoms with E-state index in [1.165, 1.54) is 12.8 Å². The van der Waals surface area contributed by atoms with Crippen molar-refractivity contribution in [3.05, 3.63) is 0 Å². The van der Waals surface area contributed by atoms with Gasteiger partial charge >= 0.3 is 5.97 Å². The molecule has 4 heteroatoms. The van der Waals surface area contributed by atoms with Gasteiger partial charge in [-0.3, -0.25) is 4.79 Å². The summed E-state index contributed by atoms with van der Waals surface area (Å²) >= 11 is 0. The lowest BCUT2D eigenvalue weighted by Gasteiger charge is -2.15. The van der Waals surface area contributed by atoms with Gasteiger partial charge in [0.25, 0.3) is 5.92 Å². The van der Waals surface area contributed by atoms with Crippen LogP contribution < -0.4 is 0 Å². The molecule has 0 atom stereocenters. The average Bonchev–Trinajstić information content (AvgIpc) is 2.53. The normalized spacial score (nSPS) is 18.3. The number of hydrogen-bond acceptors (Lipinski definition) is 1. The van der Waals surface area contributed by atoms with E-state index in [4.69, 9.17) is 5.11 Å². The van der Waals surface area contributed by atoms with Gasteiger partial charge in [-0.25, -0.2) is 8.78 Å². The highest BCUT2D eigenvalue weighted by Crippen LogP contribution is 2.32. The third kappa shape index (κ3) is 5.09. The molecule has 0 heterocycles. The second-order valence-corrected chi connectivity index (χ2v) is 4.47. The first-order valence-electron chi connectivity index (χ1n) is 5.59. The van der Waals surface area contributed by atoms with E-state index in [1.54, 1.807) is 0 Å². The zero-order valence-corrected chi connectivity index (χ0v) is 8.85. The monoisotopic (exact) mass is 220 g/mol. The Morgan fingerprint density at radius 1 is 1.33 bits per heavy atom. The number of halogens is 2. The molecule has 0 amide bonds. The van der Waals surface area contributed by atoms with Crippen LogP contribution in [-0.4, -0.2) is 17.0 Å². The molecule has 1 aliphatic rings. The molecular formula is C11H18F2O2. The second-order valence-electron chi connectivity index (χ2n) is 4.47. The van der Waals surface area contributed by atoms with Crippen LogP contribution in [0.1, 0.15) is 51.4 Å². The van der Waals surface area contributed by atoms with Gasteiger partial charge in [0.2, 0.25) is 0 Å². The minimum absolute atomic E-state index is 0.282. The fourth-order valence-electron chi connectivity index (χ4n) is 2.26. The van der Waals surface area contributed by atoms with E-state index in [2.05, 4.69) is 0 Å². The molecule has 0 aromatic rings. The van der Waals surface area contributed by atoms with E-state index in [-0.39, 0.29) is 6.42 Å². The molecular weight excluding hydrogens is 202 g/mol. The van der Waals surface area contributed by atoms with Crippen LogP contribution >= 0.6 is 0 Å². The summed E-state index contributed by atoms with van der Waals surface area (Å²) in [4.78, 5) is 10.2. The number of carboxylic acids is 1. The van der Waals surface area contributed by atoms with Crippen LogP contribution in [0.4, 0.5) is 8.78 Å². The van der Waals surface area contributed by atoms with Crippen molar-refractivity contribution < 1.29 is 18.7 Å². The van der Waals surface area contributed by atoms with Crippen LogP contribution in [0.3, 0.4) is 0 Å². The van der Waals surface area contributed by atoms with Gasteiger partial charge in [0.1, 0.15) is 6.42 Å². The lowest BCUT2D eigenvalue weighted by Crippen LogP contribution is -2.20. The maximum Gasteiger partial charge on any atom is 0.309 e. The Labute approximate surface area is 88.7 Å². The van der Waals surface area contributed by atoms with Gasteiger partial charge < -0.3 is 5.11 Å². The molecule has 0 unspecified atom stereocenters. The number of carbonyl (C=O) groups is 1. The molecule has 15 heavy (non-hydrogen) atoms. The summed E-state index contributed by atoms with van der Waals surface area (Å²) in [5.41, 5.74) is 0. The molecule has 1 N–H and O–H groups in total. The van der Waals surface area contributed by atoms with Crippen LogP contribution in [0.15, 0.2) is 0 Å². The highest BCUT2D eigenvalue weighted by molar-refractivity contribution is 5.67. The number of hydrogen-bond donors (Lipinski definition) is 1. The minimum atomic E-state index is -3.02. The molecule has 1 rings (SSSR count). The Balaban J connectivity index is 2.14. The molecule has 0 spiro atoms. The standard InChI is InChI=1S/C11H18F2O2/c12-11(13,8-10(14)15)7-3-6-9-4-1-2-5-9/h9H,1-8H2,(H,14,15). The molecule has 1 saturated carbocycles. The van der Waals surface area contributed by atoms with Crippen molar-refractivity contribution in [3.63, 3.8) is 0 Å². The number of aliphatic carboxylic acids is 1. The fourth-order valence-corrected chi connectivity index (χ4v) is 2.26. The highest BCUT2D eigenvalue weighted by Gasteiger charge is 2.31. The maximum atomic E-state index is 13.0. The van der Waals surface area contributed by atoms with Crippen LogP contribution in [0.5, 0.6) is 0 Å². The van der Waals surface area contributed by atoms with Crippen molar-refractivity contribution in [3.8, 4) is 0 Å². The second kappa shape index (κ2) is 5.42. The molecule has 0 aliphatic heterocycles. The van der Waals surface area contributed by atoms with Gasteiger partial charge in [-0.15, -0.1) is 0 Å². The molecule has 0 saturated heterocycles. The van der Waals surface area contributed by atoms with Crippen molar-refractivity contribution in [2.24, 2.45) is 5.92 Å². The van der Waals surface area contributed by atoms with E-state index < -0.39 is 18.3 Å². The van der Waals surface area contributed by atoms with E-state index in [1.807, 2.05) is 0 Å². The lowest BCUT2D eigenvalue weighted by atomic mass is 9.98. The Morgan fingerprint density at radius 3 is 2.47 bits per heavy atom. The molecule has 0 aromatic carbocycles. The first-order valence-corrected chi connectivity index (χ1v) is 5.59. The Hall–Kier alpha value is -0.670. The Kier molecular flexibility index (Phi) is 4.48. The van der Waals surface area contributed by atoms with Gasteiger partial charge in [-0.1, -0.05) is 32.1 Å². The SMILES string of the molecule is O=C(O)CC(F)(F)CCCC1CCCC1. The van der Waals surface area contributed by atoms with Crippen LogP contribution in [0.25, 0.3) is 0 Å². The first-order chi connectivity index (χ1) is 6.99. The highest BCUT2D eigenvalue weighted by atomic mass is 19.3. The van der Waals surface area contributed by atoms with Crippen molar-refractivity contribution >= 4 is 5.97 Å². The summed E-state index contributed by atoms with van der Waals surface area (Å²) in [5, 5.41) is 8.28. The van der Waals surface area contributed by atoms with Crippen molar-refractivity contribution in [2.45, 2.75) is 57.3 Å². The maximum absolute atomic E-state index is 13.0. The number of rotatable bonds is 6. The topological polar surface area (TPSA) is 37.3 Å².